The Hall–Kier alpha value is -1.88. The van der Waals surface area contributed by atoms with E-state index in [1.54, 1.807) is 4.90 Å². The molecular formula is C22H35N3O2. The predicted octanol–water partition coefficient (Wildman–Crippen LogP) is 2.89. The third kappa shape index (κ3) is 6.98. The van der Waals surface area contributed by atoms with Crippen molar-refractivity contribution in [1.82, 2.24) is 15.5 Å². The number of benzene rings is 1. The SMILES string of the molecule is CCCCC(CC)NC(=O)[C@H]1CNCCN1C(=O)CCCc1ccccc1. The second-order valence-corrected chi connectivity index (χ2v) is 7.40. The monoisotopic (exact) mass is 373 g/mol. The predicted molar refractivity (Wildman–Crippen MR) is 109 cm³/mol. The van der Waals surface area contributed by atoms with Crippen molar-refractivity contribution in [3.63, 3.8) is 0 Å². The van der Waals surface area contributed by atoms with Crippen molar-refractivity contribution in [2.24, 2.45) is 0 Å². The summed E-state index contributed by atoms with van der Waals surface area (Å²) in [4.78, 5) is 27.3. The summed E-state index contributed by atoms with van der Waals surface area (Å²) in [5, 5.41) is 6.43. The molecule has 5 heteroatoms. The number of carbonyl (C=O) groups excluding carboxylic acids is 2. The topological polar surface area (TPSA) is 61.4 Å². The van der Waals surface area contributed by atoms with Gasteiger partial charge in [0.05, 0.1) is 0 Å². The van der Waals surface area contributed by atoms with Crippen LogP contribution in [0.3, 0.4) is 0 Å². The number of amides is 2. The highest BCUT2D eigenvalue weighted by Gasteiger charge is 2.32. The zero-order chi connectivity index (χ0) is 19.5. The van der Waals surface area contributed by atoms with Gasteiger partial charge in [0, 0.05) is 32.1 Å². The van der Waals surface area contributed by atoms with Crippen LogP contribution in [0.1, 0.15) is 57.9 Å². The van der Waals surface area contributed by atoms with E-state index in [2.05, 4.69) is 36.6 Å². The Balaban J connectivity index is 1.86. The van der Waals surface area contributed by atoms with E-state index >= 15 is 0 Å². The van der Waals surface area contributed by atoms with Crippen LogP contribution in [0.15, 0.2) is 30.3 Å². The number of nitrogens with one attached hydrogen (secondary N) is 2. The van der Waals surface area contributed by atoms with Crippen LogP contribution in [0.25, 0.3) is 0 Å². The molecule has 0 spiro atoms. The number of carbonyl (C=O) groups is 2. The molecule has 2 amide bonds. The van der Waals surface area contributed by atoms with Gasteiger partial charge in [0.1, 0.15) is 6.04 Å². The van der Waals surface area contributed by atoms with E-state index < -0.39 is 6.04 Å². The van der Waals surface area contributed by atoms with E-state index in [1.807, 2.05) is 18.2 Å². The first-order valence-electron chi connectivity index (χ1n) is 10.5. The highest BCUT2D eigenvalue weighted by Crippen LogP contribution is 2.12. The summed E-state index contributed by atoms with van der Waals surface area (Å²) in [6.07, 6.45) is 6.37. The highest BCUT2D eigenvalue weighted by atomic mass is 16.2. The molecule has 2 N–H and O–H groups in total. The molecule has 1 saturated heterocycles. The van der Waals surface area contributed by atoms with Crippen LogP contribution >= 0.6 is 0 Å². The van der Waals surface area contributed by atoms with Gasteiger partial charge >= 0.3 is 0 Å². The van der Waals surface area contributed by atoms with Gasteiger partial charge in [-0.1, -0.05) is 57.0 Å². The third-order valence-electron chi connectivity index (χ3n) is 5.31. The molecule has 0 radical (unpaired) electrons. The maximum Gasteiger partial charge on any atom is 0.244 e. The average Bonchev–Trinajstić information content (AvgIpc) is 2.71. The minimum Gasteiger partial charge on any atom is -0.352 e. The first kappa shape index (κ1) is 21.4. The Labute approximate surface area is 163 Å². The summed E-state index contributed by atoms with van der Waals surface area (Å²) in [5.74, 6) is 0.0794. The molecule has 0 saturated carbocycles. The molecule has 27 heavy (non-hydrogen) atoms. The lowest BCUT2D eigenvalue weighted by atomic mass is 10.0. The Morgan fingerprint density at radius 3 is 2.70 bits per heavy atom. The third-order valence-corrected chi connectivity index (χ3v) is 5.31. The van der Waals surface area contributed by atoms with Crippen LogP contribution in [-0.4, -0.2) is 48.4 Å². The minimum absolute atomic E-state index is 0.0124. The maximum atomic E-state index is 12.8. The first-order valence-corrected chi connectivity index (χ1v) is 10.5. The molecular weight excluding hydrogens is 338 g/mol. The molecule has 1 aromatic rings. The number of nitrogens with zero attached hydrogens (tertiary/aromatic N) is 1. The zero-order valence-electron chi connectivity index (χ0n) is 16.9. The van der Waals surface area contributed by atoms with Crippen LogP contribution in [0.2, 0.25) is 0 Å². The fourth-order valence-corrected chi connectivity index (χ4v) is 3.60. The van der Waals surface area contributed by atoms with Gasteiger partial charge in [-0.2, -0.15) is 0 Å². The fraction of sp³-hybridized carbons (Fsp3) is 0.636. The van der Waals surface area contributed by atoms with Crippen molar-refractivity contribution in [2.75, 3.05) is 19.6 Å². The van der Waals surface area contributed by atoms with Crippen LogP contribution in [0, 0.1) is 0 Å². The van der Waals surface area contributed by atoms with E-state index in [0.29, 0.717) is 19.5 Å². The quantitative estimate of drug-likeness (QED) is 0.663. The van der Waals surface area contributed by atoms with Crippen molar-refractivity contribution in [2.45, 2.75) is 70.9 Å². The van der Waals surface area contributed by atoms with Crippen LogP contribution in [0.5, 0.6) is 0 Å². The van der Waals surface area contributed by atoms with Gasteiger partial charge in [0.2, 0.25) is 11.8 Å². The molecule has 1 aliphatic heterocycles. The van der Waals surface area contributed by atoms with E-state index in [0.717, 1.165) is 45.1 Å². The largest absolute Gasteiger partial charge is 0.352 e. The Kier molecular flexibility index (Phi) is 9.32. The molecule has 150 valence electrons. The van der Waals surface area contributed by atoms with Gasteiger partial charge in [-0.15, -0.1) is 0 Å². The molecule has 1 aromatic carbocycles. The molecule has 2 rings (SSSR count). The van der Waals surface area contributed by atoms with Gasteiger partial charge in [-0.25, -0.2) is 0 Å². The van der Waals surface area contributed by atoms with E-state index in [9.17, 15) is 9.59 Å². The molecule has 1 heterocycles. The van der Waals surface area contributed by atoms with Crippen LogP contribution in [0.4, 0.5) is 0 Å². The van der Waals surface area contributed by atoms with Gasteiger partial charge in [0.25, 0.3) is 0 Å². The standard InChI is InChI=1S/C22H35N3O2/c1-3-5-13-19(4-2)24-22(27)20-17-23-15-16-25(20)21(26)14-9-12-18-10-7-6-8-11-18/h6-8,10-11,19-20,23H,3-5,9,12-17H2,1-2H3,(H,24,27)/t19?,20-/m1/s1. The molecule has 1 fully saturated rings. The molecule has 0 aromatic heterocycles. The number of piperazine rings is 1. The second-order valence-electron chi connectivity index (χ2n) is 7.40. The van der Waals surface area contributed by atoms with E-state index in [4.69, 9.17) is 0 Å². The van der Waals surface area contributed by atoms with Gasteiger partial charge in [-0.05, 0) is 31.2 Å². The van der Waals surface area contributed by atoms with Crippen molar-refractivity contribution in [3.05, 3.63) is 35.9 Å². The number of unbranched alkanes of at least 4 members (excludes halogenated alkanes) is 1. The lowest BCUT2D eigenvalue weighted by Crippen LogP contribution is -2.60. The lowest BCUT2D eigenvalue weighted by Gasteiger charge is -2.36. The molecule has 1 unspecified atom stereocenters. The van der Waals surface area contributed by atoms with Crippen molar-refractivity contribution >= 4 is 11.8 Å². The molecule has 0 aliphatic carbocycles. The molecule has 2 atom stereocenters. The summed E-state index contributed by atoms with van der Waals surface area (Å²) in [6, 6.07) is 10.0. The maximum absolute atomic E-state index is 12.8. The van der Waals surface area contributed by atoms with Gasteiger partial charge in [0.15, 0.2) is 0 Å². The smallest absolute Gasteiger partial charge is 0.244 e. The van der Waals surface area contributed by atoms with Gasteiger partial charge in [-0.3, -0.25) is 9.59 Å². The number of rotatable bonds is 10. The van der Waals surface area contributed by atoms with Crippen LogP contribution in [-0.2, 0) is 16.0 Å². The number of aryl methyl sites for hydroxylation is 1. The lowest BCUT2D eigenvalue weighted by molar-refractivity contribution is -0.142. The summed E-state index contributed by atoms with van der Waals surface area (Å²) in [5.41, 5.74) is 1.25. The Morgan fingerprint density at radius 1 is 1.22 bits per heavy atom. The van der Waals surface area contributed by atoms with Crippen molar-refractivity contribution in [3.8, 4) is 0 Å². The van der Waals surface area contributed by atoms with Gasteiger partial charge < -0.3 is 15.5 Å². The molecule has 5 nitrogen and oxygen atoms in total. The Bertz CT molecular complexity index is 576. The molecule has 0 bridgehead atoms. The Morgan fingerprint density at radius 2 is 2.00 bits per heavy atom. The summed E-state index contributed by atoms with van der Waals surface area (Å²) >= 11 is 0. The van der Waals surface area contributed by atoms with Crippen molar-refractivity contribution in [1.29, 1.82) is 0 Å². The summed E-state index contributed by atoms with van der Waals surface area (Å²) in [7, 11) is 0. The molecule has 1 aliphatic rings. The second kappa shape index (κ2) is 11.8. The highest BCUT2D eigenvalue weighted by molar-refractivity contribution is 5.88. The number of hydrogen-bond acceptors (Lipinski definition) is 3. The van der Waals surface area contributed by atoms with Crippen molar-refractivity contribution < 1.29 is 9.59 Å². The number of hydrogen-bond donors (Lipinski definition) is 2. The minimum atomic E-state index is -0.390. The first-order chi connectivity index (χ1) is 13.2. The van der Waals surface area contributed by atoms with Crippen LogP contribution < -0.4 is 10.6 Å². The normalized spacial score (nSPS) is 18.1. The van der Waals surface area contributed by atoms with E-state index in [-0.39, 0.29) is 17.9 Å². The summed E-state index contributed by atoms with van der Waals surface area (Å²) in [6.45, 7) is 6.16. The van der Waals surface area contributed by atoms with E-state index in [1.165, 1.54) is 5.56 Å². The fourth-order valence-electron chi connectivity index (χ4n) is 3.60. The average molecular weight is 374 g/mol. The zero-order valence-corrected chi connectivity index (χ0v) is 16.9. The summed E-state index contributed by atoms with van der Waals surface area (Å²) < 4.78 is 0.